The predicted molar refractivity (Wildman–Crippen MR) is 103 cm³/mol. The lowest BCUT2D eigenvalue weighted by Gasteiger charge is -2.06. The van der Waals surface area contributed by atoms with Gasteiger partial charge in [0.05, 0.1) is 5.56 Å². The van der Waals surface area contributed by atoms with Crippen LogP contribution in [0.3, 0.4) is 0 Å². The van der Waals surface area contributed by atoms with Crippen LogP contribution >= 0.6 is 0 Å². The van der Waals surface area contributed by atoms with Crippen LogP contribution in [0.25, 0.3) is 44.0 Å². The summed E-state index contributed by atoms with van der Waals surface area (Å²) in [5, 5.41) is 27.9. The van der Waals surface area contributed by atoms with Crippen molar-refractivity contribution in [1.29, 1.82) is 0 Å². The van der Waals surface area contributed by atoms with E-state index in [1.54, 1.807) is 0 Å². The molecule has 0 aliphatic rings. The average molecular weight is 340 g/mol. The van der Waals surface area contributed by atoms with Crippen molar-refractivity contribution in [3.8, 4) is 11.4 Å². The van der Waals surface area contributed by atoms with E-state index >= 15 is 0 Å². The fourth-order valence-electron chi connectivity index (χ4n) is 3.76. The molecule has 0 atom stereocenters. The number of aromatic nitrogens is 2. The van der Waals surface area contributed by atoms with Crippen LogP contribution in [0, 0.1) is 12.1 Å². The SMILES string of the molecule is Cc1ccc(-c2n(O)c3c4ccccc4c4ccccc4c3[n+]2[O-])cc1. The Labute approximate surface area is 149 Å². The van der Waals surface area contributed by atoms with Crippen molar-refractivity contribution >= 4 is 32.6 Å². The number of nitrogens with zero attached hydrogens (tertiary/aromatic N) is 2. The molecular formula is C22H16N2O2. The monoisotopic (exact) mass is 340 g/mol. The molecule has 0 fully saturated rings. The van der Waals surface area contributed by atoms with E-state index in [4.69, 9.17) is 0 Å². The van der Waals surface area contributed by atoms with E-state index in [9.17, 15) is 10.4 Å². The molecule has 4 heteroatoms. The van der Waals surface area contributed by atoms with Crippen LogP contribution in [-0.2, 0) is 0 Å². The summed E-state index contributed by atoms with van der Waals surface area (Å²) in [6, 6.07) is 23.2. The summed E-state index contributed by atoms with van der Waals surface area (Å²) in [6.45, 7) is 1.99. The van der Waals surface area contributed by atoms with Gasteiger partial charge in [-0.05, 0) is 46.7 Å². The maximum Gasteiger partial charge on any atom is 0.332 e. The van der Waals surface area contributed by atoms with Gasteiger partial charge >= 0.3 is 5.82 Å². The Morgan fingerprint density at radius 1 is 0.769 bits per heavy atom. The molecule has 0 unspecified atom stereocenters. The molecule has 126 valence electrons. The second-order valence-corrected chi connectivity index (χ2v) is 6.58. The van der Waals surface area contributed by atoms with E-state index in [2.05, 4.69) is 0 Å². The second-order valence-electron chi connectivity index (χ2n) is 6.58. The van der Waals surface area contributed by atoms with Gasteiger partial charge in [0.15, 0.2) is 5.52 Å². The van der Waals surface area contributed by atoms with Crippen LogP contribution in [-0.4, -0.2) is 9.94 Å². The van der Waals surface area contributed by atoms with Crippen molar-refractivity contribution in [1.82, 2.24) is 4.73 Å². The molecule has 0 aliphatic heterocycles. The molecule has 0 bridgehead atoms. The van der Waals surface area contributed by atoms with Gasteiger partial charge < -0.3 is 10.4 Å². The molecule has 1 heterocycles. The third-order valence-electron chi connectivity index (χ3n) is 5.00. The lowest BCUT2D eigenvalue weighted by Crippen LogP contribution is -2.28. The largest absolute Gasteiger partial charge is 0.710 e. The van der Waals surface area contributed by atoms with Crippen molar-refractivity contribution in [3.05, 3.63) is 83.6 Å². The Bertz CT molecular complexity index is 1220. The fraction of sp³-hybridized carbons (Fsp3) is 0.0455. The zero-order valence-electron chi connectivity index (χ0n) is 14.2. The van der Waals surface area contributed by atoms with Gasteiger partial charge in [-0.25, -0.2) is 4.73 Å². The van der Waals surface area contributed by atoms with Gasteiger partial charge in [-0.1, -0.05) is 54.1 Å². The number of rotatable bonds is 1. The molecule has 1 N–H and O–H groups in total. The first kappa shape index (κ1) is 14.8. The highest BCUT2D eigenvalue weighted by Crippen LogP contribution is 2.35. The molecule has 1 aromatic heterocycles. The van der Waals surface area contributed by atoms with Crippen molar-refractivity contribution in [3.63, 3.8) is 0 Å². The fourth-order valence-corrected chi connectivity index (χ4v) is 3.76. The minimum atomic E-state index is 0.224. The van der Waals surface area contributed by atoms with Crippen LogP contribution in [0.1, 0.15) is 5.56 Å². The minimum absolute atomic E-state index is 0.224. The third-order valence-corrected chi connectivity index (χ3v) is 5.00. The Hall–Kier alpha value is -3.53. The molecule has 0 saturated heterocycles. The molecule has 0 amide bonds. The molecule has 26 heavy (non-hydrogen) atoms. The summed E-state index contributed by atoms with van der Waals surface area (Å²) in [4.78, 5) is 0. The highest BCUT2D eigenvalue weighted by molar-refractivity contribution is 6.22. The van der Waals surface area contributed by atoms with Crippen molar-refractivity contribution in [2.24, 2.45) is 0 Å². The van der Waals surface area contributed by atoms with Gasteiger partial charge in [0, 0.05) is 10.8 Å². The van der Waals surface area contributed by atoms with Gasteiger partial charge in [-0.15, -0.1) is 0 Å². The maximum atomic E-state index is 13.2. The summed E-state index contributed by atoms with van der Waals surface area (Å²) in [7, 11) is 0. The summed E-state index contributed by atoms with van der Waals surface area (Å²) in [6.07, 6.45) is 0. The van der Waals surface area contributed by atoms with Gasteiger partial charge in [0.1, 0.15) is 0 Å². The summed E-state index contributed by atoms with van der Waals surface area (Å²) in [5.74, 6) is 0.224. The Morgan fingerprint density at radius 2 is 1.31 bits per heavy atom. The number of hydrogen-bond donors (Lipinski definition) is 1. The maximum absolute atomic E-state index is 13.2. The van der Waals surface area contributed by atoms with E-state index in [0.29, 0.717) is 16.6 Å². The molecule has 5 aromatic rings. The highest BCUT2D eigenvalue weighted by atomic mass is 16.5. The molecule has 0 aliphatic carbocycles. The molecule has 0 spiro atoms. The first-order valence-corrected chi connectivity index (χ1v) is 8.50. The highest BCUT2D eigenvalue weighted by Gasteiger charge is 2.27. The molecule has 0 radical (unpaired) electrons. The van der Waals surface area contributed by atoms with Crippen LogP contribution < -0.4 is 4.73 Å². The minimum Gasteiger partial charge on any atom is -0.710 e. The summed E-state index contributed by atoms with van der Waals surface area (Å²) < 4.78 is 1.87. The van der Waals surface area contributed by atoms with Crippen LogP contribution in [0.15, 0.2) is 72.8 Å². The molecule has 5 rings (SSSR count). The molecule has 4 aromatic carbocycles. The Morgan fingerprint density at radius 3 is 1.96 bits per heavy atom. The quantitative estimate of drug-likeness (QED) is 0.206. The lowest BCUT2D eigenvalue weighted by molar-refractivity contribution is -0.566. The molecular weight excluding hydrogens is 324 g/mol. The summed E-state index contributed by atoms with van der Waals surface area (Å²) >= 11 is 0. The van der Waals surface area contributed by atoms with Crippen molar-refractivity contribution in [2.75, 3.05) is 0 Å². The number of fused-ring (bicyclic) bond motifs is 6. The molecule has 4 nitrogen and oxygen atoms in total. The van der Waals surface area contributed by atoms with Gasteiger partial charge in [0.2, 0.25) is 5.52 Å². The lowest BCUT2D eigenvalue weighted by atomic mass is 10.00. The van der Waals surface area contributed by atoms with E-state index in [1.165, 1.54) is 0 Å². The van der Waals surface area contributed by atoms with Crippen LogP contribution in [0.2, 0.25) is 0 Å². The van der Waals surface area contributed by atoms with E-state index < -0.39 is 0 Å². The summed E-state index contributed by atoms with van der Waals surface area (Å²) in [5.41, 5.74) is 2.79. The smallest absolute Gasteiger partial charge is 0.332 e. The Kier molecular flexibility index (Phi) is 2.97. The van der Waals surface area contributed by atoms with E-state index in [-0.39, 0.29) is 5.82 Å². The van der Waals surface area contributed by atoms with Gasteiger partial charge in [-0.3, -0.25) is 0 Å². The number of imidazole rings is 1. The average Bonchev–Trinajstić information content (AvgIpc) is 2.94. The van der Waals surface area contributed by atoms with Crippen molar-refractivity contribution in [2.45, 2.75) is 6.92 Å². The van der Waals surface area contributed by atoms with E-state index in [1.807, 2.05) is 79.7 Å². The zero-order chi connectivity index (χ0) is 17.8. The van der Waals surface area contributed by atoms with Gasteiger partial charge in [-0.2, -0.15) is 0 Å². The predicted octanol–water partition coefficient (Wildman–Crippen LogP) is 4.79. The Balaban J connectivity index is 2.04. The second kappa shape index (κ2) is 5.23. The normalized spacial score (nSPS) is 11.6. The standard InChI is InChI=1S/C22H16N2O2/c1-14-10-12-15(13-11-14)22-23(25)20-18-8-4-2-6-16(18)17-7-3-5-9-19(17)21(20)24(22)26/h2-13,25H,1H3. The first-order valence-electron chi connectivity index (χ1n) is 8.50. The number of benzene rings is 4. The topological polar surface area (TPSA) is 52.1 Å². The van der Waals surface area contributed by atoms with Crippen LogP contribution in [0.5, 0.6) is 0 Å². The van der Waals surface area contributed by atoms with Gasteiger partial charge in [0.25, 0.3) is 0 Å². The number of aryl methyl sites for hydroxylation is 1. The van der Waals surface area contributed by atoms with Crippen molar-refractivity contribution < 1.29 is 9.94 Å². The van der Waals surface area contributed by atoms with Crippen LogP contribution in [0.4, 0.5) is 0 Å². The molecule has 0 saturated carbocycles. The first-order chi connectivity index (χ1) is 12.7. The van der Waals surface area contributed by atoms with E-state index in [0.717, 1.165) is 36.6 Å². The zero-order valence-corrected chi connectivity index (χ0v) is 14.2. The third kappa shape index (κ3) is 1.87. The number of hydrogen-bond acceptors (Lipinski definition) is 2.